The monoisotopic (exact) mass is 517 g/mol. The fourth-order valence-corrected chi connectivity index (χ4v) is 3.88. The van der Waals surface area contributed by atoms with Gasteiger partial charge in [-0.3, -0.25) is 14.3 Å². The average molecular weight is 518 g/mol. The quantitative estimate of drug-likeness (QED) is 0.240. The van der Waals surface area contributed by atoms with Crippen LogP contribution in [0.4, 0.5) is 10.6 Å². The molecule has 5 N–H and O–H groups in total. The molecule has 37 heavy (non-hydrogen) atoms. The van der Waals surface area contributed by atoms with Crippen LogP contribution >= 0.6 is 0 Å². The van der Waals surface area contributed by atoms with E-state index in [1.165, 1.54) is 22.9 Å². The number of nitrogen functional groups attached to an aromatic ring is 1. The summed E-state index contributed by atoms with van der Waals surface area (Å²) in [6, 6.07) is 0.0713. The molecule has 14 heteroatoms. The zero-order valence-corrected chi connectivity index (χ0v) is 20.7. The lowest BCUT2D eigenvalue weighted by molar-refractivity contribution is -0.137. The van der Waals surface area contributed by atoms with Crippen LogP contribution in [0.25, 0.3) is 11.2 Å². The van der Waals surface area contributed by atoms with Gasteiger partial charge in [0.15, 0.2) is 23.8 Å². The lowest BCUT2D eigenvalue weighted by Gasteiger charge is -2.18. The highest BCUT2D eigenvalue weighted by Gasteiger charge is 2.48. The number of nitrogens with zero attached hydrogens (tertiary/aromatic N) is 5. The molecule has 2 aromatic heterocycles. The smallest absolute Gasteiger partial charge is 0.410 e. The molecule has 2 fully saturated rings. The summed E-state index contributed by atoms with van der Waals surface area (Å²) >= 11 is 0. The molecule has 1 aliphatic carbocycles. The Bertz CT molecular complexity index is 1190. The first-order valence-corrected chi connectivity index (χ1v) is 12.1. The van der Waals surface area contributed by atoms with Gasteiger partial charge in [0.25, 0.3) is 5.91 Å². The maximum atomic E-state index is 12.4. The van der Waals surface area contributed by atoms with Crippen molar-refractivity contribution in [3.8, 4) is 11.8 Å². The number of imidazole rings is 1. The van der Waals surface area contributed by atoms with Crippen molar-refractivity contribution in [3.63, 3.8) is 0 Å². The van der Waals surface area contributed by atoms with Crippen LogP contribution < -0.4 is 11.1 Å². The van der Waals surface area contributed by atoms with Crippen molar-refractivity contribution in [3.05, 3.63) is 12.2 Å². The summed E-state index contributed by atoms with van der Waals surface area (Å²) < 4.78 is 17.2. The van der Waals surface area contributed by atoms with Gasteiger partial charge in [0.1, 0.15) is 17.7 Å². The van der Waals surface area contributed by atoms with E-state index < -0.39 is 36.5 Å². The predicted octanol–water partition coefficient (Wildman–Crippen LogP) is -0.847. The Morgan fingerprint density at radius 3 is 2.81 bits per heavy atom. The first-order chi connectivity index (χ1) is 17.8. The molecule has 14 nitrogen and oxygen atoms in total. The molecule has 0 spiro atoms. The number of nitrogens with two attached hydrogens (primary N) is 1. The molecule has 4 atom stereocenters. The van der Waals surface area contributed by atoms with Gasteiger partial charge >= 0.3 is 6.09 Å². The highest BCUT2D eigenvalue weighted by Crippen LogP contribution is 2.33. The second-order valence-electron chi connectivity index (χ2n) is 8.71. The molecule has 4 unspecified atom stereocenters. The van der Waals surface area contributed by atoms with Gasteiger partial charge in [0.05, 0.1) is 20.0 Å². The molecule has 0 radical (unpaired) electrons. The Morgan fingerprint density at radius 1 is 1.32 bits per heavy atom. The van der Waals surface area contributed by atoms with Crippen molar-refractivity contribution in [1.82, 2.24) is 29.7 Å². The Morgan fingerprint density at radius 2 is 2.11 bits per heavy atom. The number of ether oxygens (including phenoxy) is 3. The van der Waals surface area contributed by atoms with Crippen molar-refractivity contribution in [2.24, 2.45) is 0 Å². The number of aromatic nitrogens is 4. The molecular weight excluding hydrogens is 486 g/mol. The second kappa shape index (κ2) is 11.7. The van der Waals surface area contributed by atoms with Gasteiger partial charge in [-0.15, -0.1) is 0 Å². The van der Waals surface area contributed by atoms with E-state index in [1.54, 1.807) is 0 Å². The van der Waals surface area contributed by atoms with Crippen molar-refractivity contribution in [2.75, 3.05) is 39.1 Å². The van der Waals surface area contributed by atoms with E-state index in [9.17, 15) is 19.8 Å². The van der Waals surface area contributed by atoms with Crippen LogP contribution in [0.15, 0.2) is 6.33 Å². The number of nitrogens with one attached hydrogen (secondary N) is 1. The van der Waals surface area contributed by atoms with Crippen LogP contribution in [-0.4, -0.2) is 104 Å². The number of aliphatic hydroxyl groups is 2. The van der Waals surface area contributed by atoms with Crippen LogP contribution in [0.5, 0.6) is 0 Å². The Balaban J connectivity index is 1.51. The number of rotatable bonds is 9. The number of fused-ring (bicyclic) bond motifs is 1. The summed E-state index contributed by atoms with van der Waals surface area (Å²) in [5.41, 5.74) is 6.50. The molecule has 1 saturated heterocycles. The number of hydrogen-bond donors (Lipinski definition) is 4. The number of anilines is 1. The van der Waals surface area contributed by atoms with Crippen LogP contribution in [0, 0.1) is 11.8 Å². The van der Waals surface area contributed by atoms with Gasteiger partial charge in [0.2, 0.25) is 5.82 Å². The minimum Gasteiger partial charge on any atom is -0.453 e. The van der Waals surface area contributed by atoms with E-state index in [4.69, 9.17) is 19.9 Å². The summed E-state index contributed by atoms with van der Waals surface area (Å²) in [6.45, 7) is 3.44. The third kappa shape index (κ3) is 6.08. The lowest BCUT2D eigenvalue weighted by atomic mass is 10.1. The third-order valence-electron chi connectivity index (χ3n) is 5.97. The number of amides is 2. The van der Waals surface area contributed by atoms with Crippen LogP contribution in [-0.2, 0) is 19.0 Å². The van der Waals surface area contributed by atoms with Crippen LogP contribution in [0.3, 0.4) is 0 Å². The Labute approximate surface area is 213 Å². The number of carbonyl (C=O) groups excluding carboxylic acids is 2. The molecule has 1 saturated carbocycles. The summed E-state index contributed by atoms with van der Waals surface area (Å²) in [7, 11) is 1.29. The standard InChI is InChI=1S/C23H31N7O7/c1-3-36-11-5-10-29(23(34)35-2)9-4-6-14-27-19(24)15-20(28-14)30(12-25-15)22-17(32)16(31)18(37-22)21(33)26-13-7-8-13/h12-13,16-18,22,31-32H,3,5,7-11H2,1-2H3,(H,26,33)(H2,24,27,28). The van der Waals surface area contributed by atoms with E-state index in [0.717, 1.165) is 12.8 Å². The fraction of sp³-hybridized carbons (Fsp3) is 0.609. The van der Waals surface area contributed by atoms with E-state index in [2.05, 4.69) is 32.1 Å². The van der Waals surface area contributed by atoms with Crippen LogP contribution in [0.2, 0.25) is 0 Å². The molecule has 2 aromatic rings. The summed E-state index contributed by atoms with van der Waals surface area (Å²) in [5.74, 6) is 5.24. The normalized spacial score (nSPS) is 22.9. The van der Waals surface area contributed by atoms with Crippen molar-refractivity contribution in [2.45, 2.75) is 56.8 Å². The van der Waals surface area contributed by atoms with Gasteiger partial charge in [-0.2, -0.15) is 0 Å². The second-order valence-corrected chi connectivity index (χ2v) is 8.71. The van der Waals surface area contributed by atoms with Gasteiger partial charge in [0, 0.05) is 25.8 Å². The number of carbonyl (C=O) groups is 2. The maximum Gasteiger partial charge on any atom is 0.410 e. The Kier molecular flexibility index (Phi) is 8.39. The van der Waals surface area contributed by atoms with Gasteiger partial charge in [-0.25, -0.2) is 19.7 Å². The first-order valence-electron chi connectivity index (χ1n) is 12.1. The molecule has 2 aliphatic rings. The molecule has 4 rings (SSSR count). The summed E-state index contributed by atoms with van der Waals surface area (Å²) in [5, 5.41) is 23.8. The molecule has 2 amide bonds. The van der Waals surface area contributed by atoms with E-state index in [1.807, 2.05) is 6.92 Å². The van der Waals surface area contributed by atoms with Gasteiger partial charge in [-0.05, 0) is 32.1 Å². The van der Waals surface area contributed by atoms with Gasteiger partial charge in [-0.1, -0.05) is 5.92 Å². The highest BCUT2D eigenvalue weighted by molar-refractivity contribution is 5.83. The Hall–Kier alpha value is -3.51. The number of methoxy groups -OCH3 is 1. The summed E-state index contributed by atoms with van der Waals surface area (Å²) in [6.07, 6.45) is -2.05. The average Bonchev–Trinajstić information content (AvgIpc) is 3.52. The van der Waals surface area contributed by atoms with Gasteiger partial charge < -0.3 is 35.5 Å². The zero-order valence-electron chi connectivity index (χ0n) is 20.7. The molecule has 3 heterocycles. The molecule has 200 valence electrons. The molecule has 1 aliphatic heterocycles. The first kappa shape index (κ1) is 26.6. The van der Waals surface area contributed by atoms with Crippen molar-refractivity contribution >= 4 is 29.0 Å². The highest BCUT2D eigenvalue weighted by atomic mass is 16.6. The number of aliphatic hydroxyl groups excluding tert-OH is 2. The van der Waals surface area contributed by atoms with Crippen molar-refractivity contribution in [1.29, 1.82) is 0 Å². The molecular formula is C23H31N7O7. The predicted molar refractivity (Wildman–Crippen MR) is 129 cm³/mol. The summed E-state index contributed by atoms with van der Waals surface area (Å²) in [4.78, 5) is 38.6. The molecule has 0 bridgehead atoms. The fourth-order valence-electron chi connectivity index (χ4n) is 3.88. The van der Waals surface area contributed by atoms with Crippen molar-refractivity contribution < 1.29 is 34.0 Å². The maximum absolute atomic E-state index is 12.4. The minimum atomic E-state index is -1.44. The van der Waals surface area contributed by atoms with E-state index in [0.29, 0.717) is 26.2 Å². The molecule has 0 aromatic carbocycles. The number of hydrogen-bond acceptors (Lipinski definition) is 11. The minimum absolute atomic E-state index is 0.0469. The topological polar surface area (TPSA) is 187 Å². The zero-order chi connectivity index (χ0) is 26.5. The lowest BCUT2D eigenvalue weighted by Crippen LogP contribution is -2.43. The van der Waals surface area contributed by atoms with Crippen LogP contribution in [0.1, 0.15) is 38.2 Å². The largest absolute Gasteiger partial charge is 0.453 e. The SMILES string of the molecule is CCOCCCN(CC#Cc1nc(N)c2ncn(C3OC(C(=O)NC4CC4)C(O)C3O)c2n1)C(=O)OC. The van der Waals surface area contributed by atoms with E-state index >= 15 is 0 Å². The van der Waals surface area contributed by atoms with E-state index in [-0.39, 0.29) is 35.4 Å². The third-order valence-corrected chi connectivity index (χ3v) is 5.97.